The highest BCUT2D eigenvalue weighted by atomic mass is 19.1. The van der Waals surface area contributed by atoms with Gasteiger partial charge in [0.15, 0.2) is 0 Å². The van der Waals surface area contributed by atoms with Gasteiger partial charge in [-0.15, -0.1) is 0 Å². The van der Waals surface area contributed by atoms with E-state index >= 15 is 0 Å². The van der Waals surface area contributed by atoms with Crippen molar-refractivity contribution in [1.82, 2.24) is 9.80 Å². The number of halogens is 1. The van der Waals surface area contributed by atoms with E-state index < -0.39 is 0 Å². The molecular formula is C15H24FN3. The smallest absolute Gasteiger partial charge is 0.123 e. The zero-order chi connectivity index (χ0) is 13.7. The van der Waals surface area contributed by atoms with Gasteiger partial charge in [0.2, 0.25) is 0 Å². The van der Waals surface area contributed by atoms with Crippen molar-refractivity contribution in [3.05, 3.63) is 35.6 Å². The van der Waals surface area contributed by atoms with Crippen LogP contribution in [-0.4, -0.2) is 49.6 Å². The van der Waals surface area contributed by atoms with Gasteiger partial charge in [-0.1, -0.05) is 12.1 Å². The first kappa shape index (κ1) is 14.4. The SMILES string of the molecule is CN(CCN1CCCC1)C(CN)c1cccc(F)c1. The van der Waals surface area contributed by atoms with Crippen molar-refractivity contribution in [2.45, 2.75) is 18.9 Å². The van der Waals surface area contributed by atoms with Crippen LogP contribution in [0.25, 0.3) is 0 Å². The van der Waals surface area contributed by atoms with E-state index in [1.54, 1.807) is 12.1 Å². The van der Waals surface area contributed by atoms with E-state index in [2.05, 4.69) is 16.8 Å². The van der Waals surface area contributed by atoms with Crippen molar-refractivity contribution < 1.29 is 4.39 Å². The Labute approximate surface area is 115 Å². The molecule has 0 spiro atoms. The molecule has 1 aromatic carbocycles. The van der Waals surface area contributed by atoms with Crippen molar-refractivity contribution in [3.63, 3.8) is 0 Å². The maximum Gasteiger partial charge on any atom is 0.123 e. The molecule has 1 fully saturated rings. The Morgan fingerprint density at radius 1 is 1.37 bits per heavy atom. The molecule has 3 nitrogen and oxygen atoms in total. The fourth-order valence-electron chi connectivity index (χ4n) is 2.75. The summed E-state index contributed by atoms with van der Waals surface area (Å²) in [4.78, 5) is 4.71. The lowest BCUT2D eigenvalue weighted by Gasteiger charge is -2.29. The zero-order valence-corrected chi connectivity index (χ0v) is 11.7. The highest BCUT2D eigenvalue weighted by Crippen LogP contribution is 2.19. The molecule has 1 heterocycles. The lowest BCUT2D eigenvalue weighted by Crippen LogP contribution is -2.36. The first-order valence-electron chi connectivity index (χ1n) is 7.09. The fourth-order valence-corrected chi connectivity index (χ4v) is 2.75. The maximum atomic E-state index is 13.3. The Morgan fingerprint density at radius 3 is 2.74 bits per heavy atom. The average Bonchev–Trinajstić information content (AvgIpc) is 2.90. The van der Waals surface area contributed by atoms with Crippen LogP contribution in [0.1, 0.15) is 24.4 Å². The van der Waals surface area contributed by atoms with Crippen LogP contribution in [0.4, 0.5) is 4.39 Å². The Kier molecular flexibility index (Phi) is 5.31. The number of likely N-dealkylation sites (N-methyl/N-ethyl adjacent to an activating group) is 1. The number of hydrogen-bond acceptors (Lipinski definition) is 3. The molecule has 1 aliphatic heterocycles. The molecule has 0 amide bonds. The largest absolute Gasteiger partial charge is 0.329 e. The van der Waals surface area contributed by atoms with Gasteiger partial charge in [-0.25, -0.2) is 4.39 Å². The number of likely N-dealkylation sites (tertiary alicyclic amines) is 1. The Morgan fingerprint density at radius 2 is 2.11 bits per heavy atom. The number of hydrogen-bond donors (Lipinski definition) is 1. The molecule has 0 saturated carbocycles. The van der Waals surface area contributed by atoms with Gasteiger partial charge in [0, 0.05) is 25.7 Å². The molecule has 1 unspecified atom stereocenters. The summed E-state index contributed by atoms with van der Waals surface area (Å²) < 4.78 is 13.3. The molecule has 19 heavy (non-hydrogen) atoms. The summed E-state index contributed by atoms with van der Waals surface area (Å²) >= 11 is 0. The summed E-state index contributed by atoms with van der Waals surface area (Å²) in [6.45, 7) is 4.98. The van der Waals surface area contributed by atoms with Crippen molar-refractivity contribution in [2.24, 2.45) is 5.73 Å². The van der Waals surface area contributed by atoms with Crippen molar-refractivity contribution in [2.75, 3.05) is 39.8 Å². The summed E-state index contributed by atoms with van der Waals surface area (Å²) in [6.07, 6.45) is 2.63. The predicted molar refractivity (Wildman–Crippen MR) is 76.5 cm³/mol. The minimum Gasteiger partial charge on any atom is -0.329 e. The van der Waals surface area contributed by atoms with Gasteiger partial charge in [-0.05, 0) is 50.7 Å². The highest BCUT2D eigenvalue weighted by Gasteiger charge is 2.18. The van der Waals surface area contributed by atoms with Crippen molar-refractivity contribution in [1.29, 1.82) is 0 Å². The Bertz CT molecular complexity index is 391. The van der Waals surface area contributed by atoms with Gasteiger partial charge in [0.25, 0.3) is 0 Å². The third kappa shape index (κ3) is 4.00. The van der Waals surface area contributed by atoms with Crippen LogP contribution in [0.3, 0.4) is 0 Å². The van der Waals surface area contributed by atoms with E-state index in [1.807, 2.05) is 6.07 Å². The summed E-state index contributed by atoms with van der Waals surface area (Å²) in [5, 5.41) is 0. The second-order valence-corrected chi connectivity index (χ2v) is 5.34. The molecular weight excluding hydrogens is 241 g/mol. The summed E-state index contributed by atoms with van der Waals surface area (Å²) in [5.74, 6) is -0.191. The minimum absolute atomic E-state index is 0.0957. The summed E-state index contributed by atoms with van der Waals surface area (Å²) in [7, 11) is 2.07. The fraction of sp³-hybridized carbons (Fsp3) is 0.600. The third-order valence-electron chi connectivity index (χ3n) is 3.96. The van der Waals surface area contributed by atoms with E-state index in [4.69, 9.17) is 5.73 Å². The Balaban J connectivity index is 1.92. The summed E-state index contributed by atoms with van der Waals surface area (Å²) in [5.41, 5.74) is 6.83. The van der Waals surface area contributed by atoms with Crippen LogP contribution in [0.5, 0.6) is 0 Å². The monoisotopic (exact) mass is 265 g/mol. The molecule has 0 aromatic heterocycles. The van der Waals surface area contributed by atoms with Gasteiger partial charge >= 0.3 is 0 Å². The molecule has 0 radical (unpaired) electrons. The van der Waals surface area contributed by atoms with Gasteiger partial charge in [0.1, 0.15) is 5.82 Å². The average molecular weight is 265 g/mol. The van der Waals surface area contributed by atoms with Crippen LogP contribution in [-0.2, 0) is 0 Å². The van der Waals surface area contributed by atoms with Crippen LogP contribution in [0.15, 0.2) is 24.3 Å². The van der Waals surface area contributed by atoms with Gasteiger partial charge in [-0.3, -0.25) is 4.90 Å². The number of nitrogens with two attached hydrogens (primary N) is 1. The lowest BCUT2D eigenvalue weighted by molar-refractivity contribution is 0.209. The summed E-state index contributed by atoms with van der Waals surface area (Å²) in [6, 6.07) is 6.86. The van der Waals surface area contributed by atoms with E-state index in [9.17, 15) is 4.39 Å². The van der Waals surface area contributed by atoms with Gasteiger partial charge < -0.3 is 10.6 Å². The molecule has 0 aliphatic carbocycles. The molecule has 1 aliphatic rings. The Hall–Kier alpha value is -0.970. The lowest BCUT2D eigenvalue weighted by atomic mass is 10.1. The van der Waals surface area contributed by atoms with Crippen molar-refractivity contribution >= 4 is 0 Å². The van der Waals surface area contributed by atoms with Crippen molar-refractivity contribution in [3.8, 4) is 0 Å². The molecule has 1 saturated heterocycles. The second-order valence-electron chi connectivity index (χ2n) is 5.34. The standard InChI is InChI=1S/C15H24FN3/c1-18(9-10-19-7-2-3-8-19)15(12-17)13-5-4-6-14(16)11-13/h4-6,11,15H,2-3,7-10,12,17H2,1H3. The first-order valence-corrected chi connectivity index (χ1v) is 7.09. The van der Waals surface area contributed by atoms with Gasteiger partial charge in [-0.2, -0.15) is 0 Å². The highest BCUT2D eigenvalue weighted by molar-refractivity contribution is 5.20. The van der Waals surface area contributed by atoms with E-state index in [-0.39, 0.29) is 11.9 Å². The molecule has 0 bridgehead atoms. The van der Waals surface area contributed by atoms with E-state index in [1.165, 1.54) is 32.0 Å². The normalized spacial score (nSPS) is 18.1. The van der Waals surface area contributed by atoms with Crippen LogP contribution in [0.2, 0.25) is 0 Å². The van der Waals surface area contributed by atoms with Gasteiger partial charge in [0.05, 0.1) is 0 Å². The topological polar surface area (TPSA) is 32.5 Å². The van der Waals surface area contributed by atoms with E-state index in [0.717, 1.165) is 18.7 Å². The van der Waals surface area contributed by atoms with Crippen LogP contribution < -0.4 is 5.73 Å². The molecule has 4 heteroatoms. The number of benzene rings is 1. The molecule has 106 valence electrons. The van der Waals surface area contributed by atoms with Crippen LogP contribution >= 0.6 is 0 Å². The molecule has 1 aromatic rings. The molecule has 1 atom stereocenters. The second kappa shape index (κ2) is 6.98. The zero-order valence-electron chi connectivity index (χ0n) is 11.7. The van der Waals surface area contributed by atoms with E-state index in [0.29, 0.717) is 6.54 Å². The van der Waals surface area contributed by atoms with Crippen LogP contribution in [0, 0.1) is 5.82 Å². The third-order valence-corrected chi connectivity index (χ3v) is 3.96. The quantitative estimate of drug-likeness (QED) is 0.852. The molecule has 2 rings (SSSR count). The predicted octanol–water partition coefficient (Wildman–Crippen LogP) is 1.85. The number of rotatable bonds is 6. The maximum absolute atomic E-state index is 13.3. The minimum atomic E-state index is -0.191. The molecule has 2 N–H and O–H groups in total. The first-order chi connectivity index (χ1) is 9.20. The number of nitrogens with zero attached hydrogens (tertiary/aromatic N) is 2.